The zero-order valence-corrected chi connectivity index (χ0v) is 8.52. The second-order valence-electron chi connectivity index (χ2n) is 3.27. The average Bonchev–Trinajstić information content (AvgIpc) is 2.07. The number of aromatic nitrogens is 1. The van der Waals surface area contributed by atoms with Gasteiger partial charge in [0, 0.05) is 26.2 Å². The van der Waals surface area contributed by atoms with Crippen LogP contribution in [0.4, 0.5) is 11.4 Å². The van der Waals surface area contributed by atoms with Crippen molar-refractivity contribution in [2.24, 2.45) is 0 Å². The molecule has 4 heteroatoms. The molecule has 0 amide bonds. The SMILES string of the molecule is Cc1nc(Cl)cc2c1NCCN2C. The Bertz CT molecular complexity index is 338. The average molecular weight is 198 g/mol. The highest BCUT2D eigenvalue weighted by Crippen LogP contribution is 2.31. The highest BCUT2D eigenvalue weighted by Gasteiger charge is 2.16. The summed E-state index contributed by atoms with van der Waals surface area (Å²) in [6, 6.07) is 1.90. The summed E-state index contributed by atoms with van der Waals surface area (Å²) in [4.78, 5) is 6.38. The van der Waals surface area contributed by atoms with Crippen molar-refractivity contribution in [2.45, 2.75) is 6.92 Å². The van der Waals surface area contributed by atoms with Crippen LogP contribution in [0.3, 0.4) is 0 Å². The van der Waals surface area contributed by atoms with E-state index >= 15 is 0 Å². The van der Waals surface area contributed by atoms with Crippen molar-refractivity contribution < 1.29 is 0 Å². The number of pyridine rings is 1. The monoisotopic (exact) mass is 197 g/mol. The van der Waals surface area contributed by atoms with E-state index in [1.165, 1.54) is 0 Å². The Morgan fingerprint density at radius 3 is 3.15 bits per heavy atom. The Balaban J connectivity index is 2.56. The molecule has 0 saturated carbocycles. The van der Waals surface area contributed by atoms with E-state index < -0.39 is 0 Å². The van der Waals surface area contributed by atoms with Crippen molar-refractivity contribution in [1.29, 1.82) is 0 Å². The normalized spacial score (nSPS) is 15.2. The maximum Gasteiger partial charge on any atom is 0.131 e. The van der Waals surface area contributed by atoms with Gasteiger partial charge in [-0.05, 0) is 6.92 Å². The van der Waals surface area contributed by atoms with E-state index in [4.69, 9.17) is 11.6 Å². The minimum atomic E-state index is 0.562. The molecule has 0 radical (unpaired) electrons. The minimum Gasteiger partial charge on any atom is -0.380 e. The van der Waals surface area contributed by atoms with E-state index in [9.17, 15) is 0 Å². The molecule has 0 aromatic carbocycles. The maximum atomic E-state index is 5.88. The van der Waals surface area contributed by atoms with E-state index in [2.05, 4.69) is 22.2 Å². The van der Waals surface area contributed by atoms with Crippen LogP contribution in [0.2, 0.25) is 5.15 Å². The first-order valence-corrected chi connectivity index (χ1v) is 4.68. The van der Waals surface area contributed by atoms with Gasteiger partial charge in [-0.2, -0.15) is 0 Å². The second kappa shape index (κ2) is 3.07. The molecule has 1 N–H and O–H groups in total. The Labute approximate surface area is 82.7 Å². The van der Waals surface area contributed by atoms with Gasteiger partial charge in [0.1, 0.15) is 5.15 Å². The number of nitrogens with one attached hydrogen (secondary N) is 1. The molecule has 2 rings (SSSR count). The molecule has 0 fully saturated rings. The van der Waals surface area contributed by atoms with Crippen molar-refractivity contribution in [3.05, 3.63) is 16.9 Å². The fourth-order valence-electron chi connectivity index (χ4n) is 1.61. The Morgan fingerprint density at radius 1 is 1.62 bits per heavy atom. The quantitative estimate of drug-likeness (QED) is 0.644. The van der Waals surface area contributed by atoms with Crippen molar-refractivity contribution in [2.75, 3.05) is 30.4 Å². The molecule has 3 nitrogen and oxygen atoms in total. The topological polar surface area (TPSA) is 28.2 Å². The van der Waals surface area contributed by atoms with Gasteiger partial charge < -0.3 is 10.2 Å². The zero-order chi connectivity index (χ0) is 9.42. The van der Waals surface area contributed by atoms with Crippen molar-refractivity contribution >= 4 is 23.0 Å². The molecular formula is C9H12ClN3. The van der Waals surface area contributed by atoms with Gasteiger partial charge in [0.25, 0.3) is 0 Å². The summed E-state index contributed by atoms with van der Waals surface area (Å²) in [5.74, 6) is 0. The number of hydrogen-bond acceptors (Lipinski definition) is 3. The predicted molar refractivity (Wildman–Crippen MR) is 55.7 cm³/mol. The summed E-state index contributed by atoms with van der Waals surface area (Å²) in [6.07, 6.45) is 0. The largest absolute Gasteiger partial charge is 0.380 e. The molecule has 1 aromatic rings. The number of nitrogens with zero attached hydrogens (tertiary/aromatic N) is 2. The number of hydrogen-bond donors (Lipinski definition) is 1. The van der Waals surface area contributed by atoms with Gasteiger partial charge in [-0.25, -0.2) is 4.98 Å². The number of likely N-dealkylation sites (N-methyl/N-ethyl adjacent to an activating group) is 1. The molecule has 1 aliphatic heterocycles. The third-order valence-electron chi connectivity index (χ3n) is 2.31. The van der Waals surface area contributed by atoms with Crippen LogP contribution in [-0.4, -0.2) is 25.1 Å². The van der Waals surface area contributed by atoms with Crippen molar-refractivity contribution in [3.8, 4) is 0 Å². The Kier molecular flexibility index (Phi) is 2.04. The molecular weight excluding hydrogens is 186 g/mol. The van der Waals surface area contributed by atoms with Gasteiger partial charge in [0.15, 0.2) is 0 Å². The van der Waals surface area contributed by atoms with Crippen LogP contribution < -0.4 is 10.2 Å². The predicted octanol–water partition coefficient (Wildman–Crippen LogP) is 1.91. The second-order valence-corrected chi connectivity index (χ2v) is 3.66. The molecule has 0 saturated heterocycles. The van der Waals surface area contributed by atoms with E-state index in [0.717, 1.165) is 30.2 Å². The lowest BCUT2D eigenvalue weighted by atomic mass is 10.2. The molecule has 0 aliphatic carbocycles. The number of anilines is 2. The van der Waals surface area contributed by atoms with E-state index in [0.29, 0.717) is 5.15 Å². The first kappa shape index (κ1) is 8.63. The van der Waals surface area contributed by atoms with Crippen LogP contribution in [0.5, 0.6) is 0 Å². The van der Waals surface area contributed by atoms with Gasteiger partial charge in [-0.3, -0.25) is 0 Å². The van der Waals surface area contributed by atoms with Gasteiger partial charge in [-0.1, -0.05) is 11.6 Å². The molecule has 0 atom stereocenters. The summed E-state index contributed by atoms with van der Waals surface area (Å²) in [5, 5.41) is 3.89. The molecule has 1 aromatic heterocycles. The van der Waals surface area contributed by atoms with Crippen LogP contribution in [-0.2, 0) is 0 Å². The maximum absolute atomic E-state index is 5.88. The molecule has 70 valence electrons. The minimum absolute atomic E-state index is 0.562. The summed E-state index contributed by atoms with van der Waals surface area (Å²) in [6.45, 7) is 3.94. The summed E-state index contributed by atoms with van der Waals surface area (Å²) >= 11 is 5.88. The van der Waals surface area contributed by atoms with E-state index in [1.54, 1.807) is 0 Å². The highest BCUT2D eigenvalue weighted by molar-refractivity contribution is 6.29. The van der Waals surface area contributed by atoms with Gasteiger partial charge in [0.2, 0.25) is 0 Å². The molecule has 13 heavy (non-hydrogen) atoms. The first-order valence-electron chi connectivity index (χ1n) is 4.30. The number of halogens is 1. The zero-order valence-electron chi connectivity index (χ0n) is 7.76. The third kappa shape index (κ3) is 1.44. The van der Waals surface area contributed by atoms with Gasteiger partial charge >= 0.3 is 0 Å². The molecule has 0 unspecified atom stereocenters. The fraction of sp³-hybridized carbons (Fsp3) is 0.444. The summed E-state index contributed by atoms with van der Waals surface area (Å²) in [5.41, 5.74) is 3.22. The summed E-state index contributed by atoms with van der Waals surface area (Å²) in [7, 11) is 2.06. The number of fused-ring (bicyclic) bond motifs is 1. The summed E-state index contributed by atoms with van der Waals surface area (Å²) < 4.78 is 0. The smallest absolute Gasteiger partial charge is 0.131 e. The first-order chi connectivity index (χ1) is 6.18. The lowest BCUT2D eigenvalue weighted by Gasteiger charge is -2.29. The Hall–Kier alpha value is -0.960. The van der Waals surface area contributed by atoms with Crippen LogP contribution >= 0.6 is 11.6 Å². The standard InChI is InChI=1S/C9H12ClN3/c1-6-9-7(5-8(10)12-6)13(2)4-3-11-9/h5,11H,3-4H2,1-2H3. The molecule has 2 heterocycles. The molecule has 0 bridgehead atoms. The third-order valence-corrected chi connectivity index (χ3v) is 2.50. The van der Waals surface area contributed by atoms with Crippen LogP contribution in [0.15, 0.2) is 6.07 Å². The fourth-order valence-corrected chi connectivity index (χ4v) is 1.84. The van der Waals surface area contributed by atoms with Crippen LogP contribution in [0.1, 0.15) is 5.69 Å². The lowest BCUT2D eigenvalue weighted by Crippen LogP contribution is -2.31. The van der Waals surface area contributed by atoms with Gasteiger partial charge in [0.05, 0.1) is 17.1 Å². The van der Waals surface area contributed by atoms with Gasteiger partial charge in [-0.15, -0.1) is 0 Å². The van der Waals surface area contributed by atoms with Crippen molar-refractivity contribution in [1.82, 2.24) is 4.98 Å². The molecule has 1 aliphatic rings. The number of aryl methyl sites for hydroxylation is 1. The van der Waals surface area contributed by atoms with Crippen LogP contribution in [0.25, 0.3) is 0 Å². The van der Waals surface area contributed by atoms with E-state index in [1.807, 2.05) is 13.0 Å². The van der Waals surface area contributed by atoms with Crippen molar-refractivity contribution in [3.63, 3.8) is 0 Å². The van der Waals surface area contributed by atoms with E-state index in [-0.39, 0.29) is 0 Å². The number of rotatable bonds is 0. The lowest BCUT2D eigenvalue weighted by molar-refractivity contribution is 0.878. The Morgan fingerprint density at radius 2 is 2.38 bits per heavy atom. The highest BCUT2D eigenvalue weighted by atomic mass is 35.5. The van der Waals surface area contributed by atoms with Crippen LogP contribution in [0, 0.1) is 6.92 Å². The molecule has 0 spiro atoms.